The van der Waals surface area contributed by atoms with Gasteiger partial charge >= 0.3 is 59.9 Å². The molecule has 0 aromatic heterocycles. The fraction of sp³-hybridized carbons (Fsp3) is 0.370. The Hall–Kier alpha value is -10.2. The van der Waals surface area contributed by atoms with E-state index in [9.17, 15) is 38.4 Å². The van der Waals surface area contributed by atoms with Gasteiger partial charge in [0.2, 0.25) is 4.93 Å². The molecule has 8 rings (SSSR count). The molecule has 100 heavy (non-hydrogen) atoms. The molecule has 0 aliphatic carbocycles. The molecule has 2 saturated heterocycles. The van der Waals surface area contributed by atoms with Crippen LogP contribution in [0.4, 0.5) is 9.59 Å². The number of ether oxygens (including phenoxy) is 14. The van der Waals surface area contributed by atoms with Gasteiger partial charge in [0.15, 0.2) is 23.9 Å². The Bertz CT molecular complexity index is 3650. The molecule has 2 aliphatic heterocycles. The molecular weight excluding hydrogens is 1320 g/mol. The lowest BCUT2D eigenvalue weighted by Crippen LogP contribution is -2.71. The van der Waals surface area contributed by atoms with E-state index in [0.29, 0.717) is 32.7 Å². The second kappa shape index (κ2) is 35.5. The van der Waals surface area contributed by atoms with E-state index in [1.807, 2.05) is 0 Å². The third kappa shape index (κ3) is 19.8. The largest absolute Gasteiger partial charge is 0.466 e. The maximum absolute atomic E-state index is 15.6. The van der Waals surface area contributed by atoms with Crippen LogP contribution < -0.4 is 10.6 Å². The second-order valence-corrected chi connectivity index (χ2v) is 24.4. The lowest BCUT2D eigenvalue weighted by atomic mass is 9.80. The molecule has 26 nitrogen and oxygen atoms in total. The van der Waals surface area contributed by atoms with Gasteiger partial charge in [0.05, 0.1) is 45.9 Å². The normalized spacial score (nSPS) is 21.4. The van der Waals surface area contributed by atoms with E-state index < -0.39 is 163 Å². The van der Waals surface area contributed by atoms with Crippen LogP contribution in [0.3, 0.4) is 0 Å². The topological polar surface area (TPSA) is 324 Å². The Balaban J connectivity index is 1.36. The first-order valence-corrected chi connectivity index (χ1v) is 32.5. The zero-order valence-corrected chi connectivity index (χ0v) is 56.9. The Morgan fingerprint density at radius 1 is 0.470 bits per heavy atom. The number of rotatable bonds is 29. The summed E-state index contributed by atoms with van der Waals surface area (Å²) in [6.07, 6.45) is -20.1. The molecule has 2 aliphatic rings. The van der Waals surface area contributed by atoms with Crippen LogP contribution >= 0.6 is 11.8 Å². The summed E-state index contributed by atoms with van der Waals surface area (Å²) in [5.74, 6) is -11.9. The first-order valence-electron chi connectivity index (χ1n) is 31.7. The lowest BCUT2D eigenvalue weighted by Gasteiger charge is -2.51. The van der Waals surface area contributed by atoms with Gasteiger partial charge in [-0.15, -0.1) is 0 Å². The number of hydrogen-bond acceptors (Lipinski definition) is 25. The van der Waals surface area contributed by atoms with Crippen LogP contribution in [0.15, 0.2) is 187 Å². The Kier molecular flexibility index (Phi) is 26.9. The highest BCUT2D eigenvalue weighted by Crippen LogP contribution is 2.48. The summed E-state index contributed by atoms with van der Waals surface area (Å²) in [6, 6.07) is 47.8. The van der Waals surface area contributed by atoms with Gasteiger partial charge in [-0.1, -0.05) is 182 Å². The van der Waals surface area contributed by atoms with Crippen LogP contribution in [0.1, 0.15) is 82.2 Å². The summed E-state index contributed by atoms with van der Waals surface area (Å²) in [6.45, 7) is 3.76. The number of methoxy groups -OCH3 is 2. The van der Waals surface area contributed by atoms with Gasteiger partial charge in [-0.3, -0.25) is 28.8 Å². The number of amides is 2. The van der Waals surface area contributed by atoms with E-state index in [4.69, 9.17) is 66.3 Å². The maximum Gasteiger partial charge on any atom is 0.409 e. The van der Waals surface area contributed by atoms with Crippen LogP contribution in [0.5, 0.6) is 0 Å². The number of nitrogens with one attached hydrogen (secondary N) is 2. The van der Waals surface area contributed by atoms with Crippen molar-refractivity contribution in [1.82, 2.24) is 10.6 Å². The molecule has 0 radical (unpaired) electrons. The molecular formula is C73H78N2O24S. The fourth-order valence-corrected chi connectivity index (χ4v) is 13.1. The zero-order valence-electron chi connectivity index (χ0n) is 56.0. The standard InChI is InChI=1S/C73H78N2O24S/c1-45(76)89-44-59(93-48(4)79)63(94-49(5)80)65-61(75-70(85)99-73(53-31-19-11-20-32-53,54-33-21-12-22-34-54)55-35-23-13-24-36-55)57(91-46(2)77)39-71(97-65,67(82)86-7)96-60(43-88-41-51-27-15-9-16-28-51)64(95-50(6)81)66-62(74-69(84)90-42-52-29-17-10-18-30-52)58(92-47(3)78)40-72(98-66,68(83)87-8)100-56-37-25-14-26-38-56/h9-38,57-66H,39-44H2,1-8H3,(H,74,84)(H,75,85)/t57-,58-,59+,60+,61+,62+,63+,64+,65+,66+,71+,72-/m0/s1. The van der Waals surface area contributed by atoms with Crippen molar-refractivity contribution in [2.24, 2.45) is 0 Å². The summed E-state index contributed by atoms with van der Waals surface area (Å²) >= 11 is 0.800. The van der Waals surface area contributed by atoms with Gasteiger partial charge in [-0.2, -0.15) is 0 Å². The minimum atomic E-state index is -3.15. The molecule has 2 heterocycles. The van der Waals surface area contributed by atoms with Crippen LogP contribution in [0.2, 0.25) is 0 Å². The molecule has 12 atom stereocenters. The van der Waals surface area contributed by atoms with Gasteiger partial charge in [-0.05, 0) is 23.3 Å². The Morgan fingerprint density at radius 3 is 1.36 bits per heavy atom. The molecule has 0 unspecified atom stereocenters. The van der Waals surface area contributed by atoms with Gasteiger partial charge < -0.3 is 76.9 Å². The van der Waals surface area contributed by atoms with Gasteiger partial charge in [0.25, 0.3) is 5.79 Å². The predicted molar refractivity (Wildman–Crippen MR) is 352 cm³/mol. The first-order chi connectivity index (χ1) is 48.0. The van der Waals surface area contributed by atoms with E-state index in [2.05, 4.69) is 10.6 Å². The van der Waals surface area contributed by atoms with Gasteiger partial charge in [-0.25, -0.2) is 19.2 Å². The number of carbonyl (C=O) groups is 10. The molecule has 0 bridgehead atoms. The number of alkyl carbamates (subject to hydrolysis) is 2. The molecule has 2 fully saturated rings. The molecule has 2 N–H and O–H groups in total. The summed E-state index contributed by atoms with van der Waals surface area (Å²) in [7, 11) is 1.99. The van der Waals surface area contributed by atoms with Gasteiger partial charge in [0.1, 0.15) is 43.7 Å². The summed E-state index contributed by atoms with van der Waals surface area (Å²) < 4.78 is 86.5. The summed E-state index contributed by atoms with van der Waals surface area (Å²) in [5.41, 5.74) is 0.639. The number of hydrogen-bond donors (Lipinski definition) is 2. The van der Waals surface area contributed by atoms with Crippen LogP contribution in [0.25, 0.3) is 0 Å². The van der Waals surface area contributed by atoms with Crippen molar-refractivity contribution in [1.29, 1.82) is 0 Å². The first kappa shape index (κ1) is 75.6. The molecule has 6 aromatic rings. The van der Waals surface area contributed by atoms with E-state index in [1.165, 1.54) is 0 Å². The molecule has 2 amide bonds. The van der Waals surface area contributed by atoms with E-state index in [0.717, 1.165) is 67.5 Å². The summed E-state index contributed by atoms with van der Waals surface area (Å²) in [5, 5.41) is 5.47. The molecule has 0 saturated carbocycles. The average molecular weight is 1400 g/mol. The van der Waals surface area contributed by atoms with E-state index in [1.54, 1.807) is 182 Å². The van der Waals surface area contributed by atoms with Crippen LogP contribution in [-0.2, 0) is 123 Å². The minimum Gasteiger partial charge on any atom is -0.466 e. The molecule has 0 spiro atoms. The van der Waals surface area contributed by atoms with E-state index >= 15 is 9.59 Å². The molecule has 530 valence electrons. The molecule has 6 aromatic carbocycles. The van der Waals surface area contributed by atoms with E-state index in [-0.39, 0.29) is 13.2 Å². The number of carbonyl (C=O) groups excluding carboxylic acids is 10. The number of thioether (sulfide) groups is 1. The summed E-state index contributed by atoms with van der Waals surface area (Å²) in [4.78, 5) is 140. The van der Waals surface area contributed by atoms with Crippen molar-refractivity contribution in [3.8, 4) is 0 Å². The van der Waals surface area contributed by atoms with Crippen LogP contribution in [0, 0.1) is 0 Å². The SMILES string of the molecule is COC(=O)[C@@]1(O[C@H](COCc2ccccc2)[C@@H](OC(C)=O)[C@@H]2O[C@@](Sc3ccccc3)(C(=O)OC)C[C@H](OC(C)=O)[C@H]2NC(=O)OCc2ccccc2)C[C@H](OC(C)=O)[C@@H](NC(=O)OC(c2ccccc2)(c2ccccc2)c2ccccc2)[C@H]([C@H](OC(C)=O)[C@@H](COC(C)=O)OC(C)=O)O1. The van der Waals surface area contributed by atoms with Crippen molar-refractivity contribution in [3.05, 3.63) is 210 Å². The third-order valence-electron chi connectivity index (χ3n) is 15.8. The van der Waals surface area contributed by atoms with Crippen molar-refractivity contribution < 1.29 is 114 Å². The number of esters is 8. The smallest absolute Gasteiger partial charge is 0.409 e. The number of benzene rings is 6. The van der Waals surface area contributed by atoms with Crippen molar-refractivity contribution >= 4 is 71.7 Å². The third-order valence-corrected chi connectivity index (χ3v) is 17.1. The highest BCUT2D eigenvalue weighted by Gasteiger charge is 2.64. The van der Waals surface area contributed by atoms with Gasteiger partial charge in [0, 0.05) is 69.5 Å². The lowest BCUT2D eigenvalue weighted by molar-refractivity contribution is -0.339. The maximum atomic E-state index is 15.6. The second-order valence-electron chi connectivity index (χ2n) is 23.1. The van der Waals surface area contributed by atoms with Crippen molar-refractivity contribution in [3.63, 3.8) is 0 Å². The van der Waals surface area contributed by atoms with Crippen molar-refractivity contribution in [2.75, 3.05) is 27.4 Å². The highest BCUT2D eigenvalue weighted by atomic mass is 32.2. The zero-order chi connectivity index (χ0) is 72.0. The monoisotopic (exact) mass is 1400 g/mol. The predicted octanol–water partition coefficient (Wildman–Crippen LogP) is 8.30. The fourth-order valence-electron chi connectivity index (χ4n) is 11.8. The van der Waals surface area contributed by atoms with Crippen molar-refractivity contribution in [2.45, 2.75) is 150 Å². The quantitative estimate of drug-likeness (QED) is 0.0253. The minimum absolute atomic E-state index is 0.247. The van der Waals surface area contributed by atoms with Crippen LogP contribution in [-0.4, -0.2) is 159 Å². The molecule has 27 heteroatoms. The average Bonchev–Trinajstić information content (AvgIpc) is 0.747. The Morgan fingerprint density at radius 2 is 0.900 bits per heavy atom. The Labute approximate surface area is 581 Å². The highest BCUT2D eigenvalue weighted by molar-refractivity contribution is 8.01.